The molecule has 2 unspecified atom stereocenters. The second kappa shape index (κ2) is 8.86. The number of hydrogen-bond donors (Lipinski definition) is 0. The van der Waals surface area contributed by atoms with Gasteiger partial charge in [-0.25, -0.2) is 0 Å². The van der Waals surface area contributed by atoms with Crippen LogP contribution in [0.2, 0.25) is 60.6 Å². The van der Waals surface area contributed by atoms with Gasteiger partial charge < -0.3 is 0 Å². The third kappa shape index (κ3) is 3.95. The van der Waals surface area contributed by atoms with Crippen LogP contribution in [0.5, 0.6) is 0 Å². The summed E-state index contributed by atoms with van der Waals surface area (Å²) in [6, 6.07) is 0. The van der Waals surface area contributed by atoms with Gasteiger partial charge in [-0.3, -0.25) is 0 Å². The zero-order valence-corrected chi connectivity index (χ0v) is 29.4. The molecule has 31 heavy (non-hydrogen) atoms. The van der Waals surface area contributed by atoms with E-state index >= 15 is 0 Å². The van der Waals surface area contributed by atoms with E-state index in [2.05, 4.69) is 84.5 Å². The number of allylic oxidation sites excluding steroid dienone is 8. The van der Waals surface area contributed by atoms with E-state index in [0.29, 0.717) is 0 Å². The summed E-state index contributed by atoms with van der Waals surface area (Å²) in [5.41, 5.74) is 6.54. The van der Waals surface area contributed by atoms with Crippen LogP contribution in [-0.4, -0.2) is 29.7 Å². The molecule has 0 bridgehead atoms. The SMILES string of the molecule is CC1=C([Si](C)(C)C)C2=C(CCCC(=[Si](C)C)C2(C)[Si](C)(C)C)[C]1(C1=CC=CC1)[Hf]([Cl])[Cl]. The van der Waals surface area contributed by atoms with Crippen LogP contribution in [0.25, 0.3) is 0 Å². The van der Waals surface area contributed by atoms with Gasteiger partial charge in [-0.1, -0.05) is 0 Å². The van der Waals surface area contributed by atoms with Crippen molar-refractivity contribution < 1.29 is 19.1 Å². The van der Waals surface area contributed by atoms with Crippen LogP contribution in [0.15, 0.2) is 45.7 Å². The molecular weight excluding hydrogens is 634 g/mol. The first kappa shape index (κ1) is 26.5. The van der Waals surface area contributed by atoms with Crippen molar-refractivity contribution in [3.05, 3.63) is 45.7 Å². The zero-order valence-electron chi connectivity index (χ0n) is 21.3. The molecule has 3 rings (SSSR count). The van der Waals surface area contributed by atoms with E-state index in [0.717, 1.165) is 6.42 Å². The minimum atomic E-state index is -2.97. The fraction of sp³-hybridized carbons (Fsp3) is 0.640. The van der Waals surface area contributed by atoms with E-state index in [4.69, 9.17) is 17.2 Å². The molecule has 0 N–H and O–H groups in total. The summed E-state index contributed by atoms with van der Waals surface area (Å²) in [6.07, 6.45) is 11.7. The Kier molecular flexibility index (Phi) is 7.58. The predicted octanol–water partition coefficient (Wildman–Crippen LogP) is 9.25. The Morgan fingerprint density at radius 2 is 1.65 bits per heavy atom. The van der Waals surface area contributed by atoms with Crippen molar-refractivity contribution >= 4 is 46.9 Å². The summed E-state index contributed by atoms with van der Waals surface area (Å²) >= 11 is -2.97. The Morgan fingerprint density at radius 3 is 2.06 bits per heavy atom. The van der Waals surface area contributed by atoms with Crippen molar-refractivity contribution in [2.24, 2.45) is 0 Å². The molecule has 0 aliphatic heterocycles. The Morgan fingerprint density at radius 1 is 1.03 bits per heavy atom. The first-order chi connectivity index (χ1) is 14.1. The van der Waals surface area contributed by atoms with Crippen molar-refractivity contribution in [2.45, 2.75) is 100 Å². The van der Waals surface area contributed by atoms with E-state index in [-0.39, 0.29) is 8.21 Å². The van der Waals surface area contributed by atoms with Gasteiger partial charge in [0.15, 0.2) is 0 Å². The minimum absolute atomic E-state index is 0.104. The molecular formula is C25H41Cl2HfSi3. The molecule has 0 spiro atoms. The number of hydrogen-bond acceptors (Lipinski definition) is 0. The average Bonchev–Trinajstić information content (AvgIpc) is 3.17. The maximum atomic E-state index is 7.28. The van der Waals surface area contributed by atoms with Gasteiger partial charge >= 0.3 is 212 Å². The molecule has 171 valence electrons. The summed E-state index contributed by atoms with van der Waals surface area (Å²) < 4.78 is -0.104. The molecule has 6 heteroatoms. The van der Waals surface area contributed by atoms with Crippen molar-refractivity contribution in [3.63, 3.8) is 0 Å². The Bertz CT molecular complexity index is 937. The topological polar surface area (TPSA) is 0 Å². The van der Waals surface area contributed by atoms with E-state index in [9.17, 15) is 0 Å². The molecule has 0 saturated heterocycles. The summed E-state index contributed by atoms with van der Waals surface area (Å²) in [6.45, 7) is 25.7. The monoisotopic (exact) mass is 675 g/mol. The molecule has 0 aromatic rings. The first-order valence-electron chi connectivity index (χ1n) is 11.8. The fourth-order valence-corrected chi connectivity index (χ4v) is 26.4. The molecule has 2 atom stereocenters. The van der Waals surface area contributed by atoms with Gasteiger partial charge in [-0.15, -0.1) is 0 Å². The molecule has 0 heterocycles. The molecule has 0 amide bonds. The molecule has 0 radical (unpaired) electrons. The van der Waals surface area contributed by atoms with Crippen LogP contribution in [0.3, 0.4) is 0 Å². The third-order valence-corrected chi connectivity index (χ3v) is 26.4. The first-order valence-corrected chi connectivity index (χ1v) is 32.0. The Hall–Kier alpha value is 0.931. The van der Waals surface area contributed by atoms with Crippen LogP contribution in [0.4, 0.5) is 0 Å². The summed E-state index contributed by atoms with van der Waals surface area (Å²) in [7, 11) is 10.8. The number of rotatable bonds is 4. The van der Waals surface area contributed by atoms with Gasteiger partial charge in [0, 0.05) is 0 Å². The maximum absolute atomic E-state index is 7.28. The third-order valence-electron chi connectivity index (χ3n) is 8.29. The van der Waals surface area contributed by atoms with Crippen LogP contribution in [0.1, 0.15) is 39.5 Å². The molecule has 0 aromatic carbocycles. The van der Waals surface area contributed by atoms with Crippen LogP contribution >= 0.6 is 17.2 Å². The standard InChI is InChI=1S/C25H41Si3.2ClH.Hf/c1-18-22(19-14-11-12-15-19)20-16-13-17-21(26(3)4)25(2,28(8,9)10)23(20)24(18)27(5,6)7;;;/h11-12,14H,13,15-17H2,1-10H3;2*1H;/q;;;+2/p-2. The Balaban J connectivity index is 2.55. The quantitative estimate of drug-likeness (QED) is 0.261. The van der Waals surface area contributed by atoms with Crippen molar-refractivity contribution in [1.29, 1.82) is 0 Å². The van der Waals surface area contributed by atoms with E-state index < -0.39 is 43.6 Å². The van der Waals surface area contributed by atoms with E-state index in [1.807, 2.05) is 5.17 Å². The molecule has 0 fully saturated rings. The van der Waals surface area contributed by atoms with Crippen molar-refractivity contribution in [2.75, 3.05) is 0 Å². The molecule has 0 aromatic heterocycles. The summed E-state index contributed by atoms with van der Waals surface area (Å²) in [5.74, 6) is 0. The van der Waals surface area contributed by atoms with Crippen molar-refractivity contribution in [3.8, 4) is 0 Å². The molecule has 0 saturated carbocycles. The van der Waals surface area contributed by atoms with Crippen LogP contribution in [-0.2, 0) is 19.1 Å². The van der Waals surface area contributed by atoms with Gasteiger partial charge in [0.05, 0.1) is 0 Å². The van der Waals surface area contributed by atoms with E-state index in [1.54, 1.807) is 21.9 Å². The second-order valence-electron chi connectivity index (χ2n) is 12.1. The predicted molar refractivity (Wildman–Crippen MR) is 147 cm³/mol. The van der Waals surface area contributed by atoms with Gasteiger partial charge in [0.2, 0.25) is 0 Å². The molecule has 3 aliphatic rings. The number of halogens is 2. The molecule has 0 nitrogen and oxygen atoms in total. The van der Waals surface area contributed by atoms with Gasteiger partial charge in [-0.2, -0.15) is 0 Å². The van der Waals surface area contributed by atoms with Gasteiger partial charge in [-0.05, 0) is 0 Å². The zero-order chi connectivity index (χ0) is 23.6. The molecule has 3 aliphatic carbocycles. The second-order valence-corrected chi connectivity index (χ2v) is 37.6. The van der Waals surface area contributed by atoms with Crippen LogP contribution < -0.4 is 0 Å². The average molecular weight is 675 g/mol. The fourth-order valence-electron chi connectivity index (χ4n) is 6.70. The van der Waals surface area contributed by atoms with Crippen molar-refractivity contribution in [1.82, 2.24) is 0 Å². The Labute approximate surface area is 210 Å². The van der Waals surface area contributed by atoms with E-state index in [1.165, 1.54) is 24.8 Å². The normalized spacial score (nSPS) is 29.4. The summed E-state index contributed by atoms with van der Waals surface area (Å²) in [5, 5.41) is 3.86. The summed E-state index contributed by atoms with van der Waals surface area (Å²) in [4.78, 5) is 0. The van der Waals surface area contributed by atoms with Crippen LogP contribution in [0, 0.1) is 0 Å². The van der Waals surface area contributed by atoms with Gasteiger partial charge in [0.1, 0.15) is 0 Å². The van der Waals surface area contributed by atoms with Gasteiger partial charge in [0.25, 0.3) is 0 Å².